The number of hydrogen-bond acceptors (Lipinski definition) is 11. The number of carbonyl (C=O) groups is 2. The highest BCUT2D eigenvalue weighted by Crippen LogP contribution is 2.30. The summed E-state index contributed by atoms with van der Waals surface area (Å²) in [7, 11) is -1.72. The quantitative estimate of drug-likeness (QED) is 0.337. The molecule has 1 saturated carbocycles. The maximum Gasteiger partial charge on any atom is 0.280 e. The standard InChI is InChI=1S/C25H30N8O5S2/c1-3-38-22-13-26-11-19(29-22)21-12-28-25(39-21)24(35)30-20(14-33-9-8-32(2)23(34)15-33)18-10-16(6-7-27-18)31-40(36,37)17-4-5-17/h6-7,10-13,17,20H,3-5,8-9,14-15H2,1-2H3,(H,27,31)(H,30,35)/t20-/m1/s1. The van der Waals surface area contributed by atoms with Crippen molar-refractivity contribution in [2.75, 3.05) is 44.6 Å². The Morgan fingerprint density at radius 3 is 2.80 bits per heavy atom. The Labute approximate surface area is 236 Å². The number of likely N-dealkylation sites (N-methyl/N-ethyl adjacent to an activating group) is 1. The topological polar surface area (TPSA) is 160 Å². The minimum atomic E-state index is -3.47. The number of piperazine rings is 1. The van der Waals surface area contributed by atoms with Crippen molar-refractivity contribution in [1.29, 1.82) is 0 Å². The Balaban J connectivity index is 1.36. The molecule has 40 heavy (non-hydrogen) atoms. The molecule has 1 aliphatic heterocycles. The molecule has 0 aromatic carbocycles. The van der Waals surface area contributed by atoms with Crippen LogP contribution in [0.5, 0.6) is 5.88 Å². The van der Waals surface area contributed by atoms with Crippen LogP contribution < -0.4 is 14.8 Å². The van der Waals surface area contributed by atoms with Gasteiger partial charge in [-0.1, -0.05) is 0 Å². The zero-order valence-electron chi connectivity index (χ0n) is 22.1. The van der Waals surface area contributed by atoms with Crippen LogP contribution in [-0.4, -0.2) is 95.1 Å². The molecular weight excluding hydrogens is 556 g/mol. The molecule has 4 heterocycles. The summed E-state index contributed by atoms with van der Waals surface area (Å²) < 4.78 is 33.0. The lowest BCUT2D eigenvalue weighted by Gasteiger charge is -2.34. The normalized spacial score (nSPS) is 16.9. The van der Waals surface area contributed by atoms with Gasteiger partial charge in [0, 0.05) is 39.1 Å². The second-order valence-electron chi connectivity index (χ2n) is 9.60. The molecule has 2 fully saturated rings. The second-order valence-corrected chi connectivity index (χ2v) is 12.6. The summed E-state index contributed by atoms with van der Waals surface area (Å²) >= 11 is 1.16. The zero-order chi connectivity index (χ0) is 28.3. The number of carbonyl (C=O) groups excluding carboxylic acids is 2. The molecule has 15 heteroatoms. The summed E-state index contributed by atoms with van der Waals surface area (Å²) in [6.45, 7) is 3.99. The number of pyridine rings is 1. The van der Waals surface area contributed by atoms with Crippen molar-refractivity contribution in [3.63, 3.8) is 0 Å². The lowest BCUT2D eigenvalue weighted by molar-refractivity contribution is -0.134. The minimum absolute atomic E-state index is 0.0183. The van der Waals surface area contributed by atoms with Crippen LogP contribution in [0.25, 0.3) is 10.6 Å². The summed E-state index contributed by atoms with van der Waals surface area (Å²) in [5.41, 5.74) is 1.37. The van der Waals surface area contributed by atoms with Crippen LogP contribution in [0.2, 0.25) is 0 Å². The van der Waals surface area contributed by atoms with Crippen LogP contribution in [0.4, 0.5) is 5.69 Å². The van der Waals surface area contributed by atoms with Gasteiger partial charge in [0.05, 0.1) is 53.1 Å². The molecule has 0 spiro atoms. The molecule has 3 aromatic heterocycles. The Hall–Kier alpha value is -3.69. The number of sulfonamides is 1. The lowest BCUT2D eigenvalue weighted by Crippen LogP contribution is -2.51. The van der Waals surface area contributed by atoms with Crippen LogP contribution in [0, 0.1) is 0 Å². The van der Waals surface area contributed by atoms with Crippen molar-refractivity contribution in [1.82, 2.24) is 35.1 Å². The predicted octanol–water partition coefficient (Wildman–Crippen LogP) is 1.54. The zero-order valence-corrected chi connectivity index (χ0v) is 23.7. The molecule has 212 valence electrons. The highest BCUT2D eigenvalue weighted by molar-refractivity contribution is 7.93. The minimum Gasteiger partial charge on any atom is -0.477 e. The van der Waals surface area contributed by atoms with Gasteiger partial charge in [-0.05, 0) is 31.9 Å². The molecule has 0 bridgehead atoms. The van der Waals surface area contributed by atoms with Gasteiger partial charge in [0.15, 0.2) is 5.01 Å². The number of aromatic nitrogens is 4. The van der Waals surface area contributed by atoms with E-state index < -0.39 is 22.0 Å². The third-order valence-corrected chi connectivity index (χ3v) is 9.39. The van der Waals surface area contributed by atoms with Gasteiger partial charge in [0.25, 0.3) is 5.91 Å². The van der Waals surface area contributed by atoms with Crippen molar-refractivity contribution in [3.05, 3.63) is 47.6 Å². The number of hydrogen-bond donors (Lipinski definition) is 2. The van der Waals surface area contributed by atoms with E-state index in [2.05, 4.69) is 30.0 Å². The first-order chi connectivity index (χ1) is 19.2. The van der Waals surface area contributed by atoms with E-state index in [9.17, 15) is 18.0 Å². The first-order valence-corrected chi connectivity index (χ1v) is 15.2. The fourth-order valence-electron chi connectivity index (χ4n) is 4.16. The van der Waals surface area contributed by atoms with Gasteiger partial charge in [0.2, 0.25) is 21.8 Å². The number of anilines is 1. The van der Waals surface area contributed by atoms with Gasteiger partial charge in [-0.3, -0.25) is 29.2 Å². The number of ether oxygens (including phenoxy) is 1. The van der Waals surface area contributed by atoms with E-state index in [1.807, 2.05) is 11.8 Å². The third-order valence-electron chi connectivity index (χ3n) is 6.50. The number of amides is 2. The summed E-state index contributed by atoms with van der Waals surface area (Å²) in [6, 6.07) is 2.55. The molecule has 2 amide bonds. The Bertz CT molecular complexity index is 1490. The second kappa shape index (κ2) is 11.8. The summed E-state index contributed by atoms with van der Waals surface area (Å²) in [5, 5.41) is 2.82. The molecule has 0 unspecified atom stereocenters. The van der Waals surface area contributed by atoms with Crippen LogP contribution in [0.1, 0.15) is 41.3 Å². The van der Waals surface area contributed by atoms with Gasteiger partial charge in [-0.25, -0.2) is 18.4 Å². The first kappa shape index (κ1) is 27.9. The smallest absolute Gasteiger partial charge is 0.280 e. The van der Waals surface area contributed by atoms with Crippen molar-refractivity contribution in [3.8, 4) is 16.5 Å². The SMILES string of the molecule is CCOc1cncc(-c2cnc(C(=O)N[C@H](CN3CCN(C)C(=O)C3)c3cc(NS(=O)(=O)C4CC4)ccn3)s2)n1. The van der Waals surface area contributed by atoms with Crippen molar-refractivity contribution >= 4 is 38.9 Å². The van der Waals surface area contributed by atoms with E-state index in [-0.39, 0.29) is 22.7 Å². The van der Waals surface area contributed by atoms with Gasteiger partial charge >= 0.3 is 0 Å². The van der Waals surface area contributed by atoms with Gasteiger partial charge < -0.3 is 15.0 Å². The number of thiazole rings is 1. The molecule has 1 saturated heterocycles. The maximum atomic E-state index is 13.4. The van der Waals surface area contributed by atoms with Gasteiger partial charge in [0.1, 0.15) is 5.69 Å². The van der Waals surface area contributed by atoms with Gasteiger partial charge in [-0.2, -0.15) is 0 Å². The first-order valence-electron chi connectivity index (χ1n) is 12.9. The van der Waals surface area contributed by atoms with Crippen molar-refractivity contribution < 1.29 is 22.7 Å². The third kappa shape index (κ3) is 6.71. The molecule has 2 N–H and O–H groups in total. The molecule has 5 rings (SSSR count). The Kier molecular flexibility index (Phi) is 8.23. The summed E-state index contributed by atoms with van der Waals surface area (Å²) in [5.74, 6) is -0.0685. The van der Waals surface area contributed by atoms with E-state index in [4.69, 9.17) is 4.74 Å². The maximum absolute atomic E-state index is 13.4. The van der Waals surface area contributed by atoms with Gasteiger partial charge in [-0.15, -0.1) is 11.3 Å². The number of rotatable bonds is 11. The molecule has 3 aromatic rings. The highest BCUT2D eigenvalue weighted by Gasteiger charge is 2.36. The van der Waals surface area contributed by atoms with Crippen LogP contribution in [0.15, 0.2) is 36.9 Å². The average molecular weight is 587 g/mol. The molecule has 1 atom stereocenters. The Morgan fingerprint density at radius 1 is 1.23 bits per heavy atom. The molecule has 13 nitrogen and oxygen atoms in total. The van der Waals surface area contributed by atoms with Crippen LogP contribution >= 0.6 is 11.3 Å². The summed E-state index contributed by atoms with van der Waals surface area (Å²) in [4.78, 5) is 47.2. The highest BCUT2D eigenvalue weighted by atomic mass is 32.2. The van der Waals surface area contributed by atoms with E-state index in [0.717, 1.165) is 11.3 Å². The van der Waals surface area contributed by atoms with Crippen LogP contribution in [-0.2, 0) is 14.8 Å². The monoisotopic (exact) mass is 586 g/mol. The largest absolute Gasteiger partial charge is 0.477 e. The van der Waals surface area contributed by atoms with E-state index >= 15 is 0 Å². The van der Waals surface area contributed by atoms with E-state index in [1.54, 1.807) is 36.5 Å². The fraction of sp³-hybridized carbons (Fsp3) is 0.440. The van der Waals surface area contributed by atoms with E-state index in [0.29, 0.717) is 66.9 Å². The Morgan fingerprint density at radius 2 is 2.05 bits per heavy atom. The fourth-order valence-corrected chi connectivity index (χ4v) is 6.32. The average Bonchev–Trinajstić information content (AvgIpc) is 3.68. The molecule has 2 aliphatic rings. The number of nitrogens with one attached hydrogen (secondary N) is 2. The van der Waals surface area contributed by atoms with Crippen molar-refractivity contribution in [2.24, 2.45) is 0 Å². The predicted molar refractivity (Wildman–Crippen MR) is 148 cm³/mol. The summed E-state index contributed by atoms with van der Waals surface area (Å²) in [6.07, 6.45) is 7.42. The molecule has 1 aliphatic carbocycles. The molecular formula is C25H30N8O5S2. The molecule has 0 radical (unpaired) electrons. The number of nitrogens with zero attached hydrogens (tertiary/aromatic N) is 6. The van der Waals surface area contributed by atoms with Crippen LogP contribution in [0.3, 0.4) is 0 Å². The lowest BCUT2D eigenvalue weighted by atomic mass is 10.1. The van der Waals surface area contributed by atoms with E-state index in [1.165, 1.54) is 12.4 Å². The van der Waals surface area contributed by atoms with Crippen molar-refractivity contribution in [2.45, 2.75) is 31.1 Å².